The van der Waals surface area contributed by atoms with Crippen LogP contribution in [0.4, 0.5) is 11.4 Å². The molecular formula is C19H19Cl2N3O3. The van der Waals surface area contributed by atoms with Crippen molar-refractivity contribution in [2.45, 2.75) is 12.8 Å². The zero-order valence-electron chi connectivity index (χ0n) is 14.6. The maximum atomic E-state index is 12.5. The van der Waals surface area contributed by atoms with Gasteiger partial charge in [-0.2, -0.15) is 0 Å². The van der Waals surface area contributed by atoms with Gasteiger partial charge in [-0.15, -0.1) is 0 Å². The summed E-state index contributed by atoms with van der Waals surface area (Å²) in [5.74, 6) is 0.0696. The predicted octanol–water partition coefficient (Wildman–Crippen LogP) is 4.18. The first kappa shape index (κ1) is 19.5. The van der Waals surface area contributed by atoms with Crippen molar-refractivity contribution in [3.63, 3.8) is 0 Å². The second-order valence-corrected chi connectivity index (χ2v) is 7.19. The van der Waals surface area contributed by atoms with Crippen LogP contribution in [0.1, 0.15) is 12.0 Å². The molecular weight excluding hydrogens is 389 g/mol. The molecule has 0 radical (unpaired) electrons. The van der Waals surface area contributed by atoms with Crippen LogP contribution in [-0.2, 0) is 11.2 Å². The molecule has 1 amide bonds. The Bertz CT molecular complexity index is 852. The van der Waals surface area contributed by atoms with Crippen molar-refractivity contribution in [2.75, 3.05) is 31.1 Å². The molecule has 8 heteroatoms. The fraction of sp³-hybridized carbons (Fsp3) is 0.316. The maximum Gasteiger partial charge on any atom is 0.294 e. The number of halogens is 2. The van der Waals surface area contributed by atoms with E-state index in [2.05, 4.69) is 0 Å². The van der Waals surface area contributed by atoms with Crippen molar-refractivity contribution in [1.29, 1.82) is 0 Å². The Morgan fingerprint density at radius 1 is 1.07 bits per heavy atom. The van der Waals surface area contributed by atoms with Crippen LogP contribution in [0.2, 0.25) is 10.0 Å². The van der Waals surface area contributed by atoms with Crippen molar-refractivity contribution >= 4 is 40.5 Å². The number of benzene rings is 2. The number of aryl methyl sites for hydroxylation is 1. The first-order valence-electron chi connectivity index (χ1n) is 8.66. The van der Waals surface area contributed by atoms with E-state index in [-0.39, 0.29) is 11.6 Å². The highest BCUT2D eigenvalue weighted by Crippen LogP contribution is 2.31. The summed E-state index contributed by atoms with van der Waals surface area (Å²) in [7, 11) is 0. The number of hydrogen-bond donors (Lipinski definition) is 0. The molecule has 0 spiro atoms. The second kappa shape index (κ2) is 8.59. The van der Waals surface area contributed by atoms with E-state index in [1.807, 2.05) is 29.2 Å². The van der Waals surface area contributed by atoms with Crippen molar-refractivity contribution in [3.05, 3.63) is 68.2 Å². The fourth-order valence-corrected chi connectivity index (χ4v) is 3.60. The van der Waals surface area contributed by atoms with E-state index < -0.39 is 4.92 Å². The summed E-state index contributed by atoms with van der Waals surface area (Å²) in [5, 5.41) is 12.3. The summed E-state index contributed by atoms with van der Waals surface area (Å²) in [6, 6.07) is 12.2. The molecule has 2 aromatic rings. The Morgan fingerprint density at radius 3 is 2.44 bits per heavy atom. The Kier molecular flexibility index (Phi) is 6.19. The summed E-state index contributed by atoms with van der Waals surface area (Å²) in [5.41, 5.74) is 1.48. The molecule has 27 heavy (non-hydrogen) atoms. The predicted molar refractivity (Wildman–Crippen MR) is 107 cm³/mol. The van der Waals surface area contributed by atoms with Crippen LogP contribution < -0.4 is 4.90 Å². The minimum Gasteiger partial charge on any atom is -0.362 e. The van der Waals surface area contributed by atoms with Crippen LogP contribution in [0.3, 0.4) is 0 Å². The van der Waals surface area contributed by atoms with Gasteiger partial charge in [0, 0.05) is 48.7 Å². The van der Waals surface area contributed by atoms with Crippen LogP contribution >= 0.6 is 23.2 Å². The quantitative estimate of drug-likeness (QED) is 0.550. The summed E-state index contributed by atoms with van der Waals surface area (Å²) in [6.45, 7) is 2.14. The molecule has 0 N–H and O–H groups in total. The number of nitro groups is 1. The number of rotatable bonds is 5. The number of nitrogens with zero attached hydrogens (tertiary/aromatic N) is 3. The van der Waals surface area contributed by atoms with Crippen LogP contribution in [-0.4, -0.2) is 41.9 Å². The topological polar surface area (TPSA) is 66.7 Å². The van der Waals surface area contributed by atoms with E-state index in [0.29, 0.717) is 54.8 Å². The van der Waals surface area contributed by atoms with Gasteiger partial charge in [0.15, 0.2) is 0 Å². The molecule has 0 unspecified atom stereocenters. The number of amides is 1. The van der Waals surface area contributed by atoms with Crippen molar-refractivity contribution < 1.29 is 9.72 Å². The van der Waals surface area contributed by atoms with E-state index in [0.717, 1.165) is 5.56 Å². The second-order valence-electron chi connectivity index (χ2n) is 6.35. The number of carbonyl (C=O) groups is 1. The summed E-state index contributed by atoms with van der Waals surface area (Å²) in [6.07, 6.45) is 0.992. The first-order chi connectivity index (χ1) is 13.0. The number of nitro benzene ring substituents is 1. The summed E-state index contributed by atoms with van der Waals surface area (Å²) in [4.78, 5) is 27.1. The molecule has 0 bridgehead atoms. The van der Waals surface area contributed by atoms with E-state index in [9.17, 15) is 14.9 Å². The summed E-state index contributed by atoms with van der Waals surface area (Å²) >= 11 is 12.0. The van der Waals surface area contributed by atoms with Gasteiger partial charge < -0.3 is 9.80 Å². The smallest absolute Gasteiger partial charge is 0.294 e. The normalized spacial score (nSPS) is 14.3. The number of carbonyl (C=O) groups excluding carboxylic acids is 1. The molecule has 1 saturated heterocycles. The van der Waals surface area contributed by atoms with Crippen LogP contribution in [0, 0.1) is 10.1 Å². The molecule has 0 aliphatic carbocycles. The Morgan fingerprint density at radius 2 is 1.78 bits per heavy atom. The first-order valence-corrected chi connectivity index (χ1v) is 9.41. The third-order valence-electron chi connectivity index (χ3n) is 4.67. The molecule has 142 valence electrons. The minimum absolute atomic E-state index is 0.0130. The van der Waals surface area contributed by atoms with Gasteiger partial charge in [0.2, 0.25) is 5.91 Å². The van der Waals surface area contributed by atoms with Crippen LogP contribution in [0.5, 0.6) is 0 Å². The Balaban J connectivity index is 1.58. The molecule has 2 aromatic carbocycles. The molecule has 0 atom stereocenters. The largest absolute Gasteiger partial charge is 0.362 e. The lowest BCUT2D eigenvalue weighted by Gasteiger charge is -2.36. The molecule has 3 rings (SSSR count). The van der Waals surface area contributed by atoms with Crippen LogP contribution in [0.15, 0.2) is 42.5 Å². The monoisotopic (exact) mass is 407 g/mol. The van der Waals surface area contributed by atoms with Gasteiger partial charge in [0.25, 0.3) is 5.69 Å². The molecule has 6 nitrogen and oxygen atoms in total. The molecule has 1 aliphatic rings. The third-order valence-corrected chi connectivity index (χ3v) is 5.28. The van der Waals surface area contributed by atoms with Gasteiger partial charge in [-0.1, -0.05) is 41.4 Å². The highest BCUT2D eigenvalue weighted by Gasteiger charge is 2.25. The van der Waals surface area contributed by atoms with Gasteiger partial charge >= 0.3 is 0 Å². The number of hydrogen-bond acceptors (Lipinski definition) is 4. The summed E-state index contributed by atoms with van der Waals surface area (Å²) < 4.78 is 0. The average Bonchev–Trinajstić information content (AvgIpc) is 2.67. The van der Waals surface area contributed by atoms with Gasteiger partial charge in [0.1, 0.15) is 5.69 Å². The van der Waals surface area contributed by atoms with Crippen molar-refractivity contribution in [3.8, 4) is 0 Å². The van der Waals surface area contributed by atoms with Gasteiger partial charge in [-0.05, 0) is 30.2 Å². The highest BCUT2D eigenvalue weighted by molar-refractivity contribution is 6.31. The fourth-order valence-electron chi connectivity index (χ4n) is 3.21. The molecule has 1 heterocycles. The minimum atomic E-state index is -0.428. The lowest BCUT2D eigenvalue weighted by atomic mass is 10.1. The van der Waals surface area contributed by atoms with E-state index in [4.69, 9.17) is 23.2 Å². The Hall–Kier alpha value is -2.31. The maximum absolute atomic E-state index is 12.5. The SMILES string of the molecule is O=C(CCc1ccccc1Cl)N1CCN(c2ccc(Cl)cc2[N+](=O)[O-])CC1. The standard InChI is InChI=1S/C19H19Cl2N3O3/c20-15-6-7-17(18(13-15)24(26)27)22-9-11-23(12-10-22)19(25)8-5-14-3-1-2-4-16(14)21/h1-4,6-7,13H,5,8-12H2. The molecule has 0 saturated carbocycles. The third kappa shape index (κ3) is 4.70. The van der Waals surface area contributed by atoms with E-state index >= 15 is 0 Å². The van der Waals surface area contributed by atoms with Gasteiger partial charge in [-0.25, -0.2) is 0 Å². The van der Waals surface area contributed by atoms with E-state index in [1.54, 1.807) is 17.0 Å². The highest BCUT2D eigenvalue weighted by atomic mass is 35.5. The zero-order valence-corrected chi connectivity index (χ0v) is 16.1. The lowest BCUT2D eigenvalue weighted by Crippen LogP contribution is -2.49. The van der Waals surface area contributed by atoms with Crippen molar-refractivity contribution in [1.82, 2.24) is 4.90 Å². The average molecular weight is 408 g/mol. The van der Waals surface area contributed by atoms with Gasteiger partial charge in [-0.3, -0.25) is 14.9 Å². The van der Waals surface area contributed by atoms with Gasteiger partial charge in [0.05, 0.1) is 4.92 Å². The lowest BCUT2D eigenvalue weighted by molar-refractivity contribution is -0.384. The van der Waals surface area contributed by atoms with Crippen LogP contribution in [0.25, 0.3) is 0 Å². The number of piperazine rings is 1. The molecule has 0 aromatic heterocycles. The molecule has 1 fully saturated rings. The number of anilines is 1. The molecule has 1 aliphatic heterocycles. The zero-order chi connectivity index (χ0) is 19.4. The van der Waals surface area contributed by atoms with E-state index in [1.165, 1.54) is 6.07 Å². The Labute approximate surface area is 167 Å². The van der Waals surface area contributed by atoms with Crippen molar-refractivity contribution in [2.24, 2.45) is 0 Å².